The number of hydrogen-bond acceptors (Lipinski definition) is 3. The summed E-state index contributed by atoms with van der Waals surface area (Å²) in [5.74, 6) is -0.833. The number of pyridine rings is 1. The van der Waals surface area contributed by atoms with Crippen LogP contribution in [0, 0.1) is 0 Å². The van der Waals surface area contributed by atoms with Crippen LogP contribution in [0.5, 0.6) is 0 Å². The van der Waals surface area contributed by atoms with Crippen LogP contribution in [0.2, 0.25) is 0 Å². The maximum Gasteiger partial charge on any atom is 0.300 e. The van der Waals surface area contributed by atoms with Gasteiger partial charge in [-0.3, -0.25) is 14.6 Å². The summed E-state index contributed by atoms with van der Waals surface area (Å²) in [6, 6.07) is 5.96. The molecule has 0 aromatic carbocycles. The van der Waals surface area contributed by atoms with E-state index in [-0.39, 0.29) is 6.47 Å². The molecule has 1 aromatic rings. The maximum atomic E-state index is 9.00. The van der Waals surface area contributed by atoms with Gasteiger partial charge >= 0.3 is 0 Å². The number of aromatic nitrogens is 1. The number of nitrogens with zero attached hydrogens (tertiary/aromatic N) is 1. The number of aryl methyl sites for hydroxylation is 1. The molecule has 5 nitrogen and oxygen atoms in total. The fourth-order valence-electron chi connectivity index (χ4n) is 0.607. The molecule has 1 rings (SSSR count). The highest BCUT2D eigenvalue weighted by molar-refractivity contribution is 5.62. The van der Waals surface area contributed by atoms with Crippen LogP contribution < -0.4 is 0 Å². The summed E-state index contributed by atoms with van der Waals surface area (Å²) < 4.78 is 0. The van der Waals surface area contributed by atoms with Crippen LogP contribution in [0.1, 0.15) is 19.5 Å². The van der Waals surface area contributed by atoms with Gasteiger partial charge in [0.25, 0.3) is 12.4 Å². The predicted octanol–water partition coefficient (Wildman–Crippen LogP) is 1.44. The summed E-state index contributed by atoms with van der Waals surface area (Å²) in [6.45, 7) is 2.93. The molecular weight excluding hydrogens is 198 g/mol. The largest absolute Gasteiger partial charge is 0.483 e. The Labute approximate surface area is 88.4 Å². The van der Waals surface area contributed by atoms with E-state index < -0.39 is 5.97 Å². The Morgan fingerprint density at radius 3 is 2.20 bits per heavy atom. The van der Waals surface area contributed by atoms with Gasteiger partial charge in [-0.05, 0) is 18.6 Å². The maximum absolute atomic E-state index is 9.00. The van der Waals surface area contributed by atoms with Gasteiger partial charge in [-0.25, -0.2) is 0 Å². The molecule has 0 spiro atoms. The van der Waals surface area contributed by atoms with Crippen LogP contribution in [-0.4, -0.2) is 27.6 Å². The van der Waals surface area contributed by atoms with E-state index in [0.29, 0.717) is 0 Å². The third-order valence-corrected chi connectivity index (χ3v) is 1.09. The van der Waals surface area contributed by atoms with Crippen molar-refractivity contribution in [3.8, 4) is 0 Å². The highest BCUT2D eigenvalue weighted by Crippen LogP contribution is 1.91. The Kier molecular flexibility index (Phi) is 12.5. The minimum Gasteiger partial charge on any atom is -0.483 e. The van der Waals surface area contributed by atoms with Gasteiger partial charge in [0.2, 0.25) is 0 Å². The van der Waals surface area contributed by atoms with Crippen molar-refractivity contribution in [1.29, 1.82) is 0 Å². The van der Waals surface area contributed by atoms with E-state index in [4.69, 9.17) is 19.8 Å². The number of carboxylic acids is 1. The molecule has 1 heterocycles. The smallest absolute Gasteiger partial charge is 0.300 e. The molecular formula is C10H15NO4. The normalized spacial score (nSPS) is 7.33. The van der Waals surface area contributed by atoms with Gasteiger partial charge in [0.15, 0.2) is 0 Å². The molecule has 0 amide bonds. The van der Waals surface area contributed by atoms with Crippen molar-refractivity contribution in [3.63, 3.8) is 0 Å². The van der Waals surface area contributed by atoms with Crippen LogP contribution in [0.3, 0.4) is 0 Å². The van der Waals surface area contributed by atoms with Crippen molar-refractivity contribution in [1.82, 2.24) is 4.98 Å². The first kappa shape index (κ1) is 15.6. The van der Waals surface area contributed by atoms with E-state index >= 15 is 0 Å². The zero-order valence-corrected chi connectivity index (χ0v) is 8.75. The summed E-state index contributed by atoms with van der Waals surface area (Å²) in [5.41, 5.74) is 1.16. The highest BCUT2D eigenvalue weighted by atomic mass is 16.4. The highest BCUT2D eigenvalue weighted by Gasteiger charge is 1.81. The van der Waals surface area contributed by atoms with Crippen LogP contribution >= 0.6 is 0 Å². The van der Waals surface area contributed by atoms with Crippen molar-refractivity contribution in [3.05, 3.63) is 30.1 Å². The van der Waals surface area contributed by atoms with Crippen molar-refractivity contribution in [2.45, 2.75) is 20.3 Å². The fourth-order valence-corrected chi connectivity index (χ4v) is 0.607. The van der Waals surface area contributed by atoms with Crippen molar-refractivity contribution < 1.29 is 19.8 Å². The number of hydrogen-bond donors (Lipinski definition) is 2. The van der Waals surface area contributed by atoms with Crippen LogP contribution in [0.25, 0.3) is 0 Å². The Balaban J connectivity index is 0. The second-order valence-corrected chi connectivity index (χ2v) is 2.30. The van der Waals surface area contributed by atoms with Gasteiger partial charge in [0.1, 0.15) is 0 Å². The molecule has 15 heavy (non-hydrogen) atoms. The Morgan fingerprint density at radius 1 is 1.53 bits per heavy atom. The number of carbonyl (C=O) groups is 2. The summed E-state index contributed by atoms with van der Waals surface area (Å²) >= 11 is 0. The molecule has 0 radical (unpaired) electrons. The first-order valence-corrected chi connectivity index (χ1v) is 4.25. The Hall–Kier alpha value is -1.91. The standard InChI is InChI=1S/C7H9N.C2H4O2.CH2O2/c1-2-7-5-3-4-6-8-7;1-2(3)4;2-1-3/h3-6H,2H2,1H3;1H3,(H,3,4);1H,(H,2,3). The summed E-state index contributed by atoms with van der Waals surface area (Å²) in [4.78, 5) is 21.5. The lowest BCUT2D eigenvalue weighted by molar-refractivity contribution is -0.134. The van der Waals surface area contributed by atoms with Crippen LogP contribution in [0.4, 0.5) is 0 Å². The molecule has 1 aromatic heterocycles. The van der Waals surface area contributed by atoms with Crippen LogP contribution in [0.15, 0.2) is 24.4 Å². The zero-order chi connectivity index (χ0) is 12.1. The van der Waals surface area contributed by atoms with E-state index in [1.165, 1.54) is 0 Å². The van der Waals surface area contributed by atoms with Crippen molar-refractivity contribution in [2.75, 3.05) is 0 Å². The molecule has 0 atom stereocenters. The molecule has 84 valence electrons. The van der Waals surface area contributed by atoms with Gasteiger partial charge in [0, 0.05) is 18.8 Å². The molecule has 0 saturated carbocycles. The van der Waals surface area contributed by atoms with E-state index in [9.17, 15) is 0 Å². The molecule has 0 fully saturated rings. The Bertz CT molecular complexity index is 257. The minimum atomic E-state index is -0.833. The molecule has 0 saturated heterocycles. The number of carboxylic acid groups (broad SMARTS) is 2. The zero-order valence-electron chi connectivity index (χ0n) is 8.75. The first-order chi connectivity index (χ1) is 7.08. The average Bonchev–Trinajstić information content (AvgIpc) is 2.19. The van der Waals surface area contributed by atoms with Gasteiger partial charge in [0.05, 0.1) is 0 Å². The predicted molar refractivity (Wildman–Crippen MR) is 55.6 cm³/mol. The third kappa shape index (κ3) is 18.8. The fraction of sp³-hybridized carbons (Fsp3) is 0.300. The molecule has 0 unspecified atom stereocenters. The van der Waals surface area contributed by atoms with Gasteiger partial charge < -0.3 is 10.2 Å². The second-order valence-electron chi connectivity index (χ2n) is 2.30. The molecule has 0 aliphatic carbocycles. The number of aliphatic carboxylic acids is 1. The summed E-state index contributed by atoms with van der Waals surface area (Å²) in [6.07, 6.45) is 2.85. The first-order valence-electron chi connectivity index (χ1n) is 4.25. The van der Waals surface area contributed by atoms with E-state index in [0.717, 1.165) is 19.0 Å². The topological polar surface area (TPSA) is 87.5 Å². The quantitative estimate of drug-likeness (QED) is 0.689. The SMILES string of the molecule is CC(=O)O.CCc1ccccn1.O=CO. The molecule has 5 heteroatoms. The van der Waals surface area contributed by atoms with E-state index in [1.54, 1.807) is 0 Å². The van der Waals surface area contributed by atoms with E-state index in [1.807, 2.05) is 24.4 Å². The average molecular weight is 213 g/mol. The summed E-state index contributed by atoms with van der Waals surface area (Å²) in [7, 11) is 0. The van der Waals surface area contributed by atoms with Crippen molar-refractivity contribution >= 4 is 12.4 Å². The van der Waals surface area contributed by atoms with Crippen molar-refractivity contribution in [2.24, 2.45) is 0 Å². The molecule has 0 aliphatic rings. The lowest BCUT2D eigenvalue weighted by Crippen LogP contribution is -1.81. The molecule has 0 bridgehead atoms. The number of rotatable bonds is 1. The Morgan fingerprint density at radius 2 is 2.00 bits per heavy atom. The van der Waals surface area contributed by atoms with Gasteiger partial charge in [-0.2, -0.15) is 0 Å². The second kappa shape index (κ2) is 12.1. The lowest BCUT2D eigenvalue weighted by atomic mass is 10.3. The van der Waals surface area contributed by atoms with Gasteiger partial charge in [-0.15, -0.1) is 0 Å². The molecule has 2 N–H and O–H groups in total. The van der Waals surface area contributed by atoms with Gasteiger partial charge in [-0.1, -0.05) is 13.0 Å². The molecule has 0 aliphatic heterocycles. The monoisotopic (exact) mass is 213 g/mol. The minimum absolute atomic E-state index is 0.250. The lowest BCUT2D eigenvalue weighted by Gasteiger charge is -1.88. The third-order valence-electron chi connectivity index (χ3n) is 1.09. The van der Waals surface area contributed by atoms with E-state index in [2.05, 4.69) is 11.9 Å². The summed E-state index contributed by atoms with van der Waals surface area (Å²) in [5, 5.41) is 14.3. The van der Waals surface area contributed by atoms with Crippen LogP contribution in [-0.2, 0) is 16.0 Å².